The van der Waals surface area contributed by atoms with Gasteiger partial charge >= 0.3 is 5.97 Å². The summed E-state index contributed by atoms with van der Waals surface area (Å²) in [4.78, 5) is 36.7. The lowest BCUT2D eigenvalue weighted by Crippen LogP contribution is -2.69. The molecule has 8 atom stereocenters. The Bertz CT molecular complexity index is 927. The normalized spacial score (nSPS) is 47.2. The molecule has 0 heterocycles. The van der Waals surface area contributed by atoms with Crippen LogP contribution in [-0.2, 0) is 19.1 Å². The first kappa shape index (κ1) is 24.0. The zero-order chi connectivity index (χ0) is 23.7. The second kappa shape index (κ2) is 7.68. The Kier molecular flexibility index (Phi) is 5.75. The molecule has 2 unspecified atom stereocenters. The predicted molar refractivity (Wildman–Crippen MR) is 122 cm³/mol. The molecule has 3 fully saturated rings. The van der Waals surface area contributed by atoms with Gasteiger partial charge in [-0.15, -0.1) is 23.2 Å². The fourth-order valence-electron chi connectivity index (χ4n) is 7.65. The van der Waals surface area contributed by atoms with Crippen LogP contribution >= 0.6 is 23.2 Å². The van der Waals surface area contributed by atoms with E-state index in [1.54, 1.807) is 19.1 Å². The number of hydrogen-bond donors (Lipinski definition) is 1. The Balaban J connectivity index is 1.84. The number of Topliss-reactive ketones (excluding diaryl/α,β-unsaturated/α-hetero) is 1. The van der Waals surface area contributed by atoms with Crippen molar-refractivity contribution in [2.45, 2.75) is 76.4 Å². The maximum absolute atomic E-state index is 13.2. The molecule has 0 aliphatic heterocycles. The molecule has 4 aliphatic rings. The number of fused-ring (bicyclic) bond motifs is 5. The molecule has 32 heavy (non-hydrogen) atoms. The zero-order valence-electron chi connectivity index (χ0n) is 19.1. The van der Waals surface area contributed by atoms with Crippen LogP contribution in [0, 0.1) is 28.6 Å². The Morgan fingerprint density at radius 3 is 2.59 bits per heavy atom. The van der Waals surface area contributed by atoms with Crippen LogP contribution in [0.5, 0.6) is 0 Å². The number of ketones is 2. The fourth-order valence-corrected chi connectivity index (χ4v) is 8.35. The fraction of sp³-hybridized carbons (Fsp3) is 0.720. The van der Waals surface area contributed by atoms with E-state index < -0.39 is 33.4 Å². The zero-order valence-corrected chi connectivity index (χ0v) is 20.6. The number of rotatable bonds is 4. The Hall–Kier alpha value is -1.17. The smallest absolute Gasteiger partial charge is 0.306 e. The third-order valence-electron chi connectivity index (χ3n) is 9.24. The quantitative estimate of drug-likeness (QED) is 0.475. The molecule has 4 rings (SSSR count). The largest absolute Gasteiger partial charge is 0.450 e. The molecule has 0 amide bonds. The maximum Gasteiger partial charge on any atom is 0.306 e. The van der Waals surface area contributed by atoms with Gasteiger partial charge in [0.25, 0.3) is 0 Å². The number of aliphatic hydroxyl groups excluding tert-OH is 1. The highest BCUT2D eigenvalue weighted by molar-refractivity contribution is 6.29. The number of carbonyl (C=O) groups is 3. The van der Waals surface area contributed by atoms with Crippen molar-refractivity contribution in [1.82, 2.24) is 0 Å². The van der Waals surface area contributed by atoms with Crippen LogP contribution in [0.15, 0.2) is 23.8 Å². The van der Waals surface area contributed by atoms with E-state index in [2.05, 4.69) is 6.92 Å². The summed E-state index contributed by atoms with van der Waals surface area (Å²) < 4.78 is 5.91. The highest BCUT2D eigenvalue weighted by Gasteiger charge is 2.74. The van der Waals surface area contributed by atoms with Crippen LogP contribution in [0.25, 0.3) is 0 Å². The summed E-state index contributed by atoms with van der Waals surface area (Å²) in [6.07, 6.45) is 6.21. The van der Waals surface area contributed by atoms with Gasteiger partial charge in [-0.05, 0) is 55.6 Å². The number of allylic oxidation sites excluding steroid dienone is 4. The molecule has 0 radical (unpaired) electrons. The Labute approximate surface area is 199 Å². The monoisotopic (exact) mass is 482 g/mol. The van der Waals surface area contributed by atoms with Crippen LogP contribution in [0.3, 0.4) is 0 Å². The minimum absolute atomic E-state index is 0.0351. The molecule has 176 valence electrons. The van der Waals surface area contributed by atoms with E-state index in [-0.39, 0.29) is 48.0 Å². The van der Waals surface area contributed by atoms with E-state index >= 15 is 0 Å². The number of carbonyl (C=O) groups excluding carboxylic acids is 3. The van der Waals surface area contributed by atoms with E-state index in [4.69, 9.17) is 27.9 Å². The number of ether oxygens (including phenoxy) is 1. The number of hydrogen-bond acceptors (Lipinski definition) is 5. The second-order valence-electron chi connectivity index (χ2n) is 10.5. The minimum atomic E-state index is -1.36. The van der Waals surface area contributed by atoms with Crippen molar-refractivity contribution < 1.29 is 24.2 Å². The highest BCUT2D eigenvalue weighted by atomic mass is 35.5. The SMILES string of the molecule is CCC(=O)O[C@]1(C(=O)CCl)CC[C@H]2[C@@H]3CC(C)C4=CC(=O)C=C[C@]4(C)[C@@]3(Cl)C(O)C[C@@]21C. The van der Waals surface area contributed by atoms with Gasteiger partial charge < -0.3 is 9.84 Å². The standard InChI is InChI=1S/C25H32Cl2O5/c1-5-21(31)32-24(20(30)13-26)9-7-16-18-10-14(2)17-11-15(28)6-8-22(17,3)25(18,27)19(29)12-23(16,24)4/h6,8,11,14,16,18-19,29H,5,7,9-10,12-13H2,1-4H3/t14?,16-,18-,19?,22-,23-,24-,25-/m0/s1. The van der Waals surface area contributed by atoms with E-state index in [0.29, 0.717) is 19.3 Å². The van der Waals surface area contributed by atoms with Gasteiger partial charge in [0.05, 0.1) is 16.9 Å². The molecule has 0 aromatic heterocycles. The summed E-state index contributed by atoms with van der Waals surface area (Å²) in [5, 5.41) is 11.6. The number of alkyl halides is 2. The van der Waals surface area contributed by atoms with Gasteiger partial charge in [0, 0.05) is 17.3 Å². The average Bonchev–Trinajstić information content (AvgIpc) is 3.03. The lowest BCUT2D eigenvalue weighted by Gasteiger charge is -2.65. The molecule has 5 nitrogen and oxygen atoms in total. The van der Waals surface area contributed by atoms with Crippen LogP contribution in [0.1, 0.15) is 59.8 Å². The third-order valence-corrected chi connectivity index (χ3v) is 10.4. The maximum atomic E-state index is 13.2. The molecule has 0 aromatic rings. The average molecular weight is 483 g/mol. The lowest BCUT2D eigenvalue weighted by atomic mass is 9.44. The topological polar surface area (TPSA) is 80.7 Å². The summed E-state index contributed by atoms with van der Waals surface area (Å²) in [7, 11) is 0. The van der Waals surface area contributed by atoms with Crippen LogP contribution < -0.4 is 0 Å². The number of halogens is 2. The summed E-state index contributed by atoms with van der Waals surface area (Å²) >= 11 is 13.5. The molecule has 3 saturated carbocycles. The van der Waals surface area contributed by atoms with Gasteiger partial charge in [-0.2, -0.15) is 0 Å². The van der Waals surface area contributed by atoms with Crippen molar-refractivity contribution in [1.29, 1.82) is 0 Å². The first-order valence-corrected chi connectivity index (χ1v) is 12.5. The molecule has 0 bridgehead atoms. The molecule has 1 N–H and O–H groups in total. The second-order valence-corrected chi connectivity index (χ2v) is 11.4. The van der Waals surface area contributed by atoms with E-state index in [1.807, 2.05) is 19.9 Å². The van der Waals surface area contributed by atoms with E-state index in [9.17, 15) is 19.5 Å². The van der Waals surface area contributed by atoms with Crippen LogP contribution in [0.2, 0.25) is 0 Å². The van der Waals surface area contributed by atoms with E-state index in [0.717, 1.165) is 5.57 Å². The molecular weight excluding hydrogens is 451 g/mol. The van der Waals surface area contributed by atoms with Crippen molar-refractivity contribution in [3.8, 4) is 0 Å². The number of aliphatic hydroxyl groups is 1. The van der Waals surface area contributed by atoms with Crippen molar-refractivity contribution in [2.75, 3.05) is 5.88 Å². The van der Waals surface area contributed by atoms with Crippen LogP contribution in [0.4, 0.5) is 0 Å². The predicted octanol–water partition coefficient (Wildman–Crippen LogP) is 4.37. The van der Waals surface area contributed by atoms with Crippen molar-refractivity contribution in [2.24, 2.45) is 28.6 Å². The van der Waals surface area contributed by atoms with Gasteiger partial charge in [0.15, 0.2) is 17.2 Å². The minimum Gasteiger partial charge on any atom is -0.450 e. The van der Waals surface area contributed by atoms with Gasteiger partial charge in [-0.25, -0.2) is 0 Å². The van der Waals surface area contributed by atoms with Crippen molar-refractivity contribution >= 4 is 40.7 Å². The molecular formula is C25H32Cl2O5. The molecule has 4 aliphatic carbocycles. The molecule has 0 spiro atoms. The van der Waals surface area contributed by atoms with E-state index in [1.165, 1.54) is 0 Å². The summed E-state index contributed by atoms with van der Waals surface area (Å²) in [5.74, 6) is -1.12. The van der Waals surface area contributed by atoms with Gasteiger partial charge in [0.1, 0.15) is 0 Å². The molecule has 7 heteroatoms. The molecule has 0 aromatic carbocycles. The van der Waals surface area contributed by atoms with Crippen molar-refractivity contribution in [3.05, 3.63) is 23.8 Å². The van der Waals surface area contributed by atoms with Gasteiger partial charge in [-0.3, -0.25) is 14.4 Å². The Morgan fingerprint density at radius 1 is 1.28 bits per heavy atom. The first-order valence-electron chi connectivity index (χ1n) is 11.5. The number of esters is 1. The summed E-state index contributed by atoms with van der Waals surface area (Å²) in [6, 6.07) is 0. The van der Waals surface area contributed by atoms with Gasteiger partial charge in [0.2, 0.25) is 0 Å². The van der Waals surface area contributed by atoms with Gasteiger partial charge in [-0.1, -0.05) is 39.3 Å². The first-order chi connectivity index (χ1) is 14.9. The summed E-state index contributed by atoms with van der Waals surface area (Å²) in [6.45, 7) is 7.75. The lowest BCUT2D eigenvalue weighted by molar-refractivity contribution is -0.195. The highest BCUT2D eigenvalue weighted by Crippen LogP contribution is 2.71. The Morgan fingerprint density at radius 2 is 1.97 bits per heavy atom. The summed E-state index contributed by atoms with van der Waals surface area (Å²) in [5.41, 5.74) is -1.87. The van der Waals surface area contributed by atoms with Crippen molar-refractivity contribution in [3.63, 3.8) is 0 Å². The molecule has 0 saturated heterocycles. The third kappa shape index (κ3) is 2.83. The van der Waals surface area contributed by atoms with Crippen LogP contribution in [-0.4, -0.2) is 45.1 Å².